The lowest BCUT2D eigenvalue weighted by Gasteiger charge is -2.29. The highest BCUT2D eigenvalue weighted by Crippen LogP contribution is 2.20. The van der Waals surface area contributed by atoms with Crippen molar-refractivity contribution in [2.45, 2.75) is 39.7 Å². The first-order chi connectivity index (χ1) is 13.9. The number of rotatable bonds is 6. The monoisotopic (exact) mass is 393 g/mol. The largest absolute Gasteiger partial charge is 0.372 e. The SMILES string of the molecule is Cc1cc(C)cc(C(=O)NCC(=O)N(C)Cc2ccc(N3CCCCC3)cc2)c1. The van der Waals surface area contributed by atoms with E-state index in [1.807, 2.05) is 32.0 Å². The molecule has 0 radical (unpaired) electrons. The third-order valence-electron chi connectivity index (χ3n) is 5.39. The second-order valence-electron chi connectivity index (χ2n) is 8.02. The lowest BCUT2D eigenvalue weighted by atomic mass is 10.1. The van der Waals surface area contributed by atoms with Crippen molar-refractivity contribution in [2.75, 3.05) is 31.6 Å². The van der Waals surface area contributed by atoms with Gasteiger partial charge in [0.15, 0.2) is 0 Å². The van der Waals surface area contributed by atoms with Crippen LogP contribution in [-0.2, 0) is 11.3 Å². The summed E-state index contributed by atoms with van der Waals surface area (Å²) in [6, 6.07) is 14.1. The van der Waals surface area contributed by atoms with Crippen LogP contribution in [0.5, 0.6) is 0 Å². The van der Waals surface area contributed by atoms with Crippen molar-refractivity contribution >= 4 is 17.5 Å². The van der Waals surface area contributed by atoms with Gasteiger partial charge in [0, 0.05) is 37.9 Å². The van der Waals surface area contributed by atoms with E-state index in [9.17, 15) is 9.59 Å². The number of nitrogens with zero attached hydrogens (tertiary/aromatic N) is 2. The molecule has 1 aliphatic rings. The van der Waals surface area contributed by atoms with Gasteiger partial charge < -0.3 is 15.1 Å². The maximum atomic E-state index is 12.4. The first kappa shape index (κ1) is 20.9. The Balaban J connectivity index is 1.50. The van der Waals surface area contributed by atoms with Crippen LogP contribution in [0.2, 0.25) is 0 Å². The second-order valence-corrected chi connectivity index (χ2v) is 8.02. The lowest BCUT2D eigenvalue weighted by Crippen LogP contribution is -2.37. The molecule has 5 heteroatoms. The molecule has 3 rings (SSSR count). The first-order valence-corrected chi connectivity index (χ1v) is 10.4. The third-order valence-corrected chi connectivity index (χ3v) is 5.39. The van der Waals surface area contributed by atoms with Gasteiger partial charge in [-0.15, -0.1) is 0 Å². The van der Waals surface area contributed by atoms with Gasteiger partial charge in [0.05, 0.1) is 6.54 Å². The summed E-state index contributed by atoms with van der Waals surface area (Å²) in [4.78, 5) is 28.8. The van der Waals surface area contributed by atoms with Gasteiger partial charge in [0.25, 0.3) is 5.91 Å². The molecule has 0 atom stereocenters. The predicted molar refractivity (Wildman–Crippen MR) is 117 cm³/mol. The summed E-state index contributed by atoms with van der Waals surface area (Å²) in [7, 11) is 1.77. The van der Waals surface area contributed by atoms with Gasteiger partial charge in [-0.1, -0.05) is 29.3 Å². The number of carbonyl (C=O) groups excluding carboxylic acids is 2. The smallest absolute Gasteiger partial charge is 0.251 e. The first-order valence-electron chi connectivity index (χ1n) is 10.4. The van der Waals surface area contributed by atoms with Gasteiger partial charge >= 0.3 is 0 Å². The average molecular weight is 394 g/mol. The molecular formula is C24H31N3O2. The minimum Gasteiger partial charge on any atom is -0.372 e. The van der Waals surface area contributed by atoms with E-state index in [1.54, 1.807) is 11.9 Å². The molecule has 154 valence electrons. The molecule has 0 spiro atoms. The molecule has 1 N–H and O–H groups in total. The molecule has 29 heavy (non-hydrogen) atoms. The summed E-state index contributed by atoms with van der Waals surface area (Å²) in [5.41, 5.74) is 5.00. The van der Waals surface area contributed by atoms with Gasteiger partial charge in [0.2, 0.25) is 5.91 Å². The highest BCUT2D eigenvalue weighted by molar-refractivity contribution is 5.96. The fourth-order valence-corrected chi connectivity index (χ4v) is 3.83. The predicted octanol–water partition coefficient (Wildman–Crippen LogP) is 3.68. The molecule has 0 aromatic heterocycles. The zero-order valence-electron chi connectivity index (χ0n) is 17.7. The highest BCUT2D eigenvalue weighted by Gasteiger charge is 2.14. The summed E-state index contributed by atoms with van der Waals surface area (Å²) < 4.78 is 0. The second kappa shape index (κ2) is 9.59. The fraction of sp³-hybridized carbons (Fsp3) is 0.417. The minimum atomic E-state index is -0.218. The van der Waals surface area contributed by atoms with E-state index in [0.29, 0.717) is 12.1 Å². The van der Waals surface area contributed by atoms with E-state index in [-0.39, 0.29) is 18.4 Å². The molecule has 0 unspecified atom stereocenters. The number of piperidine rings is 1. The molecule has 1 fully saturated rings. The van der Waals surface area contributed by atoms with Crippen molar-refractivity contribution in [1.29, 1.82) is 0 Å². The summed E-state index contributed by atoms with van der Waals surface area (Å²) in [6.07, 6.45) is 3.83. The Kier molecular flexibility index (Phi) is 6.91. The maximum absolute atomic E-state index is 12.4. The fourth-order valence-electron chi connectivity index (χ4n) is 3.83. The van der Waals surface area contributed by atoms with E-state index in [4.69, 9.17) is 0 Å². The Labute approximate surface area is 173 Å². The van der Waals surface area contributed by atoms with Crippen LogP contribution in [0.4, 0.5) is 5.69 Å². The van der Waals surface area contributed by atoms with Crippen LogP contribution in [-0.4, -0.2) is 43.4 Å². The molecule has 2 aromatic carbocycles. The molecule has 1 saturated heterocycles. The van der Waals surface area contributed by atoms with Crippen LogP contribution >= 0.6 is 0 Å². The van der Waals surface area contributed by atoms with E-state index >= 15 is 0 Å². The number of anilines is 1. The highest BCUT2D eigenvalue weighted by atomic mass is 16.2. The quantitative estimate of drug-likeness (QED) is 0.814. The van der Waals surface area contributed by atoms with Crippen molar-refractivity contribution < 1.29 is 9.59 Å². The molecule has 1 aliphatic heterocycles. The zero-order chi connectivity index (χ0) is 20.8. The van der Waals surface area contributed by atoms with Crippen molar-refractivity contribution in [1.82, 2.24) is 10.2 Å². The number of hydrogen-bond donors (Lipinski definition) is 1. The summed E-state index contributed by atoms with van der Waals surface area (Å²) in [6.45, 7) is 6.68. The molecule has 0 bridgehead atoms. The van der Waals surface area contributed by atoms with E-state index < -0.39 is 0 Å². The van der Waals surface area contributed by atoms with E-state index in [0.717, 1.165) is 29.8 Å². The van der Waals surface area contributed by atoms with Gasteiger partial charge in [-0.05, 0) is 62.9 Å². The maximum Gasteiger partial charge on any atom is 0.251 e. The van der Waals surface area contributed by atoms with Gasteiger partial charge in [-0.3, -0.25) is 9.59 Å². The molecule has 2 amide bonds. The molecule has 5 nitrogen and oxygen atoms in total. The van der Waals surface area contributed by atoms with Crippen molar-refractivity contribution in [3.05, 3.63) is 64.7 Å². The summed E-state index contributed by atoms with van der Waals surface area (Å²) in [5.74, 6) is -0.327. The normalized spacial score (nSPS) is 13.8. The van der Waals surface area contributed by atoms with Gasteiger partial charge in [-0.25, -0.2) is 0 Å². The third kappa shape index (κ3) is 5.83. The number of hydrogen-bond acceptors (Lipinski definition) is 3. The topological polar surface area (TPSA) is 52.7 Å². The number of nitrogens with one attached hydrogen (secondary N) is 1. The van der Waals surface area contributed by atoms with Crippen molar-refractivity contribution in [3.63, 3.8) is 0 Å². The van der Waals surface area contributed by atoms with Crippen LogP contribution in [0.25, 0.3) is 0 Å². The van der Waals surface area contributed by atoms with Crippen LogP contribution in [0, 0.1) is 13.8 Å². The lowest BCUT2D eigenvalue weighted by molar-refractivity contribution is -0.129. The Hall–Kier alpha value is -2.82. The van der Waals surface area contributed by atoms with Gasteiger partial charge in [-0.2, -0.15) is 0 Å². The average Bonchev–Trinajstić information content (AvgIpc) is 2.72. The summed E-state index contributed by atoms with van der Waals surface area (Å²) >= 11 is 0. The van der Waals surface area contributed by atoms with E-state index in [2.05, 4.69) is 34.5 Å². The minimum absolute atomic E-state index is 0.00577. The van der Waals surface area contributed by atoms with Crippen molar-refractivity contribution in [2.24, 2.45) is 0 Å². The molecule has 2 aromatic rings. The Morgan fingerprint density at radius 1 is 0.966 bits per heavy atom. The number of likely N-dealkylation sites (N-methyl/N-ethyl adjacent to an activating group) is 1. The van der Waals surface area contributed by atoms with Gasteiger partial charge in [0.1, 0.15) is 0 Å². The van der Waals surface area contributed by atoms with Crippen LogP contribution in [0.1, 0.15) is 46.3 Å². The Morgan fingerprint density at radius 2 is 1.59 bits per heavy atom. The molecule has 0 saturated carbocycles. The van der Waals surface area contributed by atoms with Crippen LogP contribution < -0.4 is 10.2 Å². The Morgan fingerprint density at radius 3 is 2.21 bits per heavy atom. The molecule has 0 aliphatic carbocycles. The number of carbonyl (C=O) groups is 2. The van der Waals surface area contributed by atoms with E-state index in [1.165, 1.54) is 24.9 Å². The number of aryl methyl sites for hydroxylation is 2. The standard InChI is InChI=1S/C24H31N3O2/c1-18-13-19(2)15-21(14-18)24(29)25-16-23(28)26(3)17-20-7-9-22(10-8-20)27-11-5-4-6-12-27/h7-10,13-15H,4-6,11-12,16-17H2,1-3H3,(H,25,29). The summed E-state index contributed by atoms with van der Waals surface area (Å²) in [5, 5.41) is 2.74. The molecular weight excluding hydrogens is 362 g/mol. The zero-order valence-corrected chi connectivity index (χ0v) is 17.7. The Bertz CT molecular complexity index is 835. The van der Waals surface area contributed by atoms with Crippen LogP contribution in [0.3, 0.4) is 0 Å². The molecule has 1 heterocycles. The number of benzene rings is 2. The van der Waals surface area contributed by atoms with Crippen LogP contribution in [0.15, 0.2) is 42.5 Å². The number of amides is 2. The van der Waals surface area contributed by atoms with Crippen molar-refractivity contribution in [3.8, 4) is 0 Å².